The van der Waals surface area contributed by atoms with E-state index < -0.39 is 6.10 Å². The summed E-state index contributed by atoms with van der Waals surface area (Å²) in [6.07, 6.45) is 54.0. The first-order valence-corrected chi connectivity index (χ1v) is 24.1. The molecule has 0 aliphatic rings. The van der Waals surface area contributed by atoms with E-state index in [4.69, 9.17) is 14.2 Å². The van der Waals surface area contributed by atoms with Crippen LogP contribution in [-0.4, -0.2) is 37.2 Å². The molecule has 0 aromatic rings. The molecule has 6 heteroatoms. The summed E-state index contributed by atoms with van der Waals surface area (Å²) in [5.74, 6) is -0.909. The van der Waals surface area contributed by atoms with Crippen LogP contribution < -0.4 is 0 Å². The number of unbranched alkanes of at least 4 members (excludes halogenated alkanes) is 24. The van der Waals surface area contributed by atoms with Gasteiger partial charge in [0.2, 0.25) is 0 Å². The van der Waals surface area contributed by atoms with Gasteiger partial charge in [0.15, 0.2) is 6.10 Å². The molecule has 0 amide bonds. The monoisotopic (exact) mass is 799 g/mol. The quantitative estimate of drug-likeness (QED) is 0.0265. The van der Waals surface area contributed by atoms with Gasteiger partial charge < -0.3 is 14.2 Å². The number of hydrogen-bond acceptors (Lipinski definition) is 6. The van der Waals surface area contributed by atoms with Crippen LogP contribution in [0.3, 0.4) is 0 Å². The first-order chi connectivity index (χ1) is 28.0. The molecule has 0 heterocycles. The molecule has 0 aromatic carbocycles. The van der Waals surface area contributed by atoms with Gasteiger partial charge in [-0.1, -0.05) is 211 Å². The van der Waals surface area contributed by atoms with Crippen molar-refractivity contribution in [1.29, 1.82) is 0 Å². The zero-order valence-electron chi connectivity index (χ0n) is 37.6. The maximum atomic E-state index is 12.7. The van der Waals surface area contributed by atoms with Crippen molar-refractivity contribution in [2.75, 3.05) is 13.2 Å². The van der Waals surface area contributed by atoms with Crippen molar-refractivity contribution in [3.8, 4) is 0 Å². The zero-order valence-corrected chi connectivity index (χ0v) is 37.6. The van der Waals surface area contributed by atoms with E-state index in [9.17, 15) is 14.4 Å². The summed E-state index contributed by atoms with van der Waals surface area (Å²) in [7, 11) is 0. The van der Waals surface area contributed by atoms with Gasteiger partial charge in [-0.2, -0.15) is 0 Å². The number of ether oxygens (including phenoxy) is 3. The van der Waals surface area contributed by atoms with Gasteiger partial charge in [0.05, 0.1) is 0 Å². The van der Waals surface area contributed by atoms with Crippen LogP contribution in [0.5, 0.6) is 0 Å². The van der Waals surface area contributed by atoms with Crippen LogP contribution in [0.25, 0.3) is 0 Å². The highest BCUT2D eigenvalue weighted by Crippen LogP contribution is 2.15. The lowest BCUT2D eigenvalue weighted by molar-refractivity contribution is -0.167. The molecule has 0 saturated heterocycles. The van der Waals surface area contributed by atoms with Gasteiger partial charge in [0.1, 0.15) is 13.2 Å². The highest BCUT2D eigenvalue weighted by molar-refractivity contribution is 5.71. The standard InChI is InChI=1S/C51H90O6/c1-4-7-10-13-16-18-20-22-24-26-28-29-31-33-35-38-41-44-50(53)56-47-48(46-55-49(52)43-40-37-15-12-9-6-3)57-51(54)45-42-39-36-34-32-30-27-25-23-21-19-17-14-11-8-5-2/h7,10,16,18,22,24,28-29,48H,4-6,8-9,11-15,17,19-21,23,25-27,30-47H2,1-3H3/b10-7-,18-16-,24-22-,29-28-. The average Bonchev–Trinajstić information content (AvgIpc) is 3.21. The Labute approximate surface area is 352 Å². The second-order valence-corrected chi connectivity index (χ2v) is 16.0. The average molecular weight is 799 g/mol. The molecular weight excluding hydrogens is 709 g/mol. The van der Waals surface area contributed by atoms with Crippen LogP contribution in [0, 0.1) is 0 Å². The largest absolute Gasteiger partial charge is 0.462 e. The molecule has 0 rings (SSSR count). The Balaban J connectivity index is 4.27. The molecule has 1 unspecified atom stereocenters. The van der Waals surface area contributed by atoms with Gasteiger partial charge in [0.25, 0.3) is 0 Å². The highest BCUT2D eigenvalue weighted by Gasteiger charge is 2.19. The van der Waals surface area contributed by atoms with E-state index in [2.05, 4.69) is 69.4 Å². The second kappa shape index (κ2) is 46.1. The van der Waals surface area contributed by atoms with Crippen molar-refractivity contribution in [2.24, 2.45) is 0 Å². The third kappa shape index (κ3) is 44.3. The third-order valence-electron chi connectivity index (χ3n) is 10.3. The predicted molar refractivity (Wildman–Crippen MR) is 242 cm³/mol. The van der Waals surface area contributed by atoms with Gasteiger partial charge in [0, 0.05) is 19.3 Å². The Kier molecular flexibility index (Phi) is 43.9. The van der Waals surface area contributed by atoms with E-state index in [1.54, 1.807) is 0 Å². The minimum absolute atomic E-state index is 0.0794. The summed E-state index contributed by atoms with van der Waals surface area (Å²) in [6, 6.07) is 0. The highest BCUT2D eigenvalue weighted by atomic mass is 16.6. The van der Waals surface area contributed by atoms with Gasteiger partial charge in [-0.3, -0.25) is 14.4 Å². The number of esters is 3. The topological polar surface area (TPSA) is 78.9 Å². The van der Waals surface area contributed by atoms with Crippen molar-refractivity contribution in [3.63, 3.8) is 0 Å². The lowest BCUT2D eigenvalue weighted by Gasteiger charge is -2.18. The van der Waals surface area contributed by atoms with Crippen molar-refractivity contribution in [3.05, 3.63) is 48.6 Å². The molecule has 0 fully saturated rings. The number of allylic oxidation sites excluding steroid dienone is 8. The molecule has 57 heavy (non-hydrogen) atoms. The van der Waals surface area contributed by atoms with E-state index in [1.165, 1.54) is 103 Å². The van der Waals surface area contributed by atoms with Crippen molar-refractivity contribution < 1.29 is 28.6 Å². The predicted octanol–water partition coefficient (Wildman–Crippen LogP) is 15.5. The summed E-state index contributed by atoms with van der Waals surface area (Å²) < 4.78 is 16.7. The molecule has 0 saturated carbocycles. The summed E-state index contributed by atoms with van der Waals surface area (Å²) in [5.41, 5.74) is 0. The van der Waals surface area contributed by atoms with Crippen LogP contribution in [0.2, 0.25) is 0 Å². The van der Waals surface area contributed by atoms with Crippen molar-refractivity contribution >= 4 is 17.9 Å². The zero-order chi connectivity index (χ0) is 41.5. The molecule has 0 radical (unpaired) electrons. The first-order valence-electron chi connectivity index (χ1n) is 24.1. The normalized spacial score (nSPS) is 12.4. The number of carbonyl (C=O) groups excluding carboxylic acids is 3. The first kappa shape index (κ1) is 54.4. The molecular formula is C51H90O6. The summed E-state index contributed by atoms with van der Waals surface area (Å²) in [4.78, 5) is 37.6. The molecule has 0 aromatic heterocycles. The van der Waals surface area contributed by atoms with E-state index >= 15 is 0 Å². The summed E-state index contributed by atoms with van der Waals surface area (Å²) in [5, 5.41) is 0. The lowest BCUT2D eigenvalue weighted by Crippen LogP contribution is -2.30. The Bertz CT molecular complexity index is 1010. The molecule has 0 aliphatic heterocycles. The molecule has 1 atom stereocenters. The van der Waals surface area contributed by atoms with E-state index in [0.29, 0.717) is 19.3 Å². The van der Waals surface area contributed by atoms with Crippen molar-refractivity contribution in [1.82, 2.24) is 0 Å². The van der Waals surface area contributed by atoms with Crippen molar-refractivity contribution in [2.45, 2.75) is 245 Å². The minimum Gasteiger partial charge on any atom is -0.462 e. The maximum absolute atomic E-state index is 12.7. The number of hydrogen-bond donors (Lipinski definition) is 0. The molecule has 0 spiro atoms. The molecule has 6 nitrogen and oxygen atoms in total. The SMILES string of the molecule is CC/C=C\C/C=C\C/C=C\C/C=C\CCCCCCC(=O)OCC(COC(=O)CCCCCCCC)OC(=O)CCCCCCCCCCCCCCCCCC. The Hall–Kier alpha value is -2.63. The molecule has 330 valence electrons. The maximum Gasteiger partial charge on any atom is 0.306 e. The number of carbonyl (C=O) groups is 3. The Morgan fingerprint density at radius 3 is 1.07 bits per heavy atom. The molecule has 0 N–H and O–H groups in total. The summed E-state index contributed by atoms with van der Waals surface area (Å²) in [6.45, 7) is 6.45. The van der Waals surface area contributed by atoms with Crippen LogP contribution in [0.4, 0.5) is 0 Å². The fraction of sp³-hybridized carbons (Fsp3) is 0.784. The molecule has 0 aliphatic carbocycles. The second-order valence-electron chi connectivity index (χ2n) is 16.0. The fourth-order valence-corrected chi connectivity index (χ4v) is 6.73. The van der Waals surface area contributed by atoms with Gasteiger partial charge >= 0.3 is 17.9 Å². The van der Waals surface area contributed by atoms with Crippen LogP contribution >= 0.6 is 0 Å². The minimum atomic E-state index is -0.776. The van der Waals surface area contributed by atoms with Crippen LogP contribution in [0.1, 0.15) is 239 Å². The molecule has 0 bridgehead atoms. The van der Waals surface area contributed by atoms with Crippen LogP contribution in [0.15, 0.2) is 48.6 Å². The van der Waals surface area contributed by atoms with Gasteiger partial charge in [-0.25, -0.2) is 0 Å². The number of rotatable bonds is 43. The van der Waals surface area contributed by atoms with E-state index in [0.717, 1.165) is 96.3 Å². The van der Waals surface area contributed by atoms with Crippen LogP contribution in [-0.2, 0) is 28.6 Å². The van der Waals surface area contributed by atoms with E-state index in [-0.39, 0.29) is 31.1 Å². The van der Waals surface area contributed by atoms with Gasteiger partial charge in [-0.05, 0) is 57.8 Å². The Morgan fingerprint density at radius 1 is 0.368 bits per heavy atom. The van der Waals surface area contributed by atoms with E-state index in [1.807, 2.05) is 0 Å². The lowest BCUT2D eigenvalue weighted by atomic mass is 10.0. The van der Waals surface area contributed by atoms with Gasteiger partial charge in [-0.15, -0.1) is 0 Å². The summed E-state index contributed by atoms with van der Waals surface area (Å²) >= 11 is 0. The fourth-order valence-electron chi connectivity index (χ4n) is 6.73. The smallest absolute Gasteiger partial charge is 0.306 e. The third-order valence-corrected chi connectivity index (χ3v) is 10.3. The Morgan fingerprint density at radius 2 is 0.684 bits per heavy atom.